The summed E-state index contributed by atoms with van der Waals surface area (Å²) in [5.74, 6) is 0.961. The highest BCUT2D eigenvalue weighted by atomic mass is 15.3. The fourth-order valence-electron chi connectivity index (χ4n) is 2.52. The van der Waals surface area contributed by atoms with Crippen LogP contribution in [0.15, 0.2) is 12.4 Å². The molecule has 3 heteroatoms. The van der Waals surface area contributed by atoms with Crippen LogP contribution in [0.3, 0.4) is 0 Å². The van der Waals surface area contributed by atoms with Crippen molar-refractivity contribution in [3.05, 3.63) is 12.4 Å². The topological polar surface area (TPSA) is 29.9 Å². The van der Waals surface area contributed by atoms with E-state index in [1.54, 1.807) is 0 Å². The Labute approximate surface area is 98.2 Å². The highest BCUT2D eigenvalue weighted by molar-refractivity contribution is 5.37. The molecule has 1 fully saturated rings. The van der Waals surface area contributed by atoms with Crippen molar-refractivity contribution >= 4 is 5.69 Å². The van der Waals surface area contributed by atoms with Crippen molar-refractivity contribution in [1.82, 2.24) is 9.78 Å². The maximum atomic E-state index is 4.25. The third-order valence-electron chi connectivity index (χ3n) is 3.56. The van der Waals surface area contributed by atoms with Crippen molar-refractivity contribution in [2.45, 2.75) is 52.0 Å². The summed E-state index contributed by atoms with van der Waals surface area (Å²) < 4.78 is 1.96. The molecule has 1 aromatic rings. The third kappa shape index (κ3) is 3.26. The molecule has 1 aliphatic rings. The first-order valence-corrected chi connectivity index (χ1v) is 6.65. The highest BCUT2D eigenvalue weighted by Crippen LogP contribution is 2.26. The van der Waals surface area contributed by atoms with E-state index < -0.39 is 0 Å². The predicted octanol–water partition coefficient (Wildman–Crippen LogP) is 3.29. The number of nitrogens with one attached hydrogen (secondary N) is 1. The predicted molar refractivity (Wildman–Crippen MR) is 67.6 cm³/mol. The van der Waals surface area contributed by atoms with Crippen molar-refractivity contribution < 1.29 is 0 Å². The lowest BCUT2D eigenvalue weighted by Crippen LogP contribution is -2.11. The molecule has 1 heterocycles. The first-order valence-electron chi connectivity index (χ1n) is 6.65. The summed E-state index contributed by atoms with van der Waals surface area (Å²) in [7, 11) is 0. The SMILES string of the molecule is CCn1cc(NCCC2CCCCC2)cn1. The van der Waals surface area contributed by atoms with E-state index in [1.807, 2.05) is 10.9 Å². The first kappa shape index (κ1) is 11.5. The van der Waals surface area contributed by atoms with Crippen molar-refractivity contribution in [3.8, 4) is 0 Å². The minimum absolute atomic E-state index is 0.949. The molecule has 0 radical (unpaired) electrons. The Hall–Kier alpha value is -0.990. The molecule has 1 aliphatic carbocycles. The van der Waals surface area contributed by atoms with E-state index in [0.29, 0.717) is 0 Å². The monoisotopic (exact) mass is 221 g/mol. The standard InChI is InChI=1S/C13H23N3/c1-2-16-11-13(10-15-16)14-9-8-12-6-4-3-5-7-12/h10-12,14H,2-9H2,1H3. The second-order valence-corrected chi connectivity index (χ2v) is 4.80. The van der Waals surface area contributed by atoms with Crippen LogP contribution in [0.1, 0.15) is 45.4 Å². The largest absolute Gasteiger partial charge is 0.383 e. The average molecular weight is 221 g/mol. The summed E-state index contributed by atoms with van der Waals surface area (Å²) in [4.78, 5) is 0. The molecule has 0 spiro atoms. The van der Waals surface area contributed by atoms with Gasteiger partial charge in [0.1, 0.15) is 0 Å². The normalized spacial score (nSPS) is 17.6. The Morgan fingerprint density at radius 2 is 2.19 bits per heavy atom. The maximum absolute atomic E-state index is 4.25. The minimum atomic E-state index is 0.949. The average Bonchev–Trinajstić information content (AvgIpc) is 2.78. The lowest BCUT2D eigenvalue weighted by molar-refractivity contribution is 0.345. The molecule has 0 atom stereocenters. The molecule has 1 aromatic heterocycles. The van der Waals surface area contributed by atoms with E-state index in [2.05, 4.69) is 23.5 Å². The van der Waals surface area contributed by atoms with Crippen LogP contribution < -0.4 is 5.32 Å². The van der Waals surface area contributed by atoms with Gasteiger partial charge in [-0.05, 0) is 19.3 Å². The van der Waals surface area contributed by atoms with Gasteiger partial charge in [-0.3, -0.25) is 4.68 Å². The van der Waals surface area contributed by atoms with E-state index in [-0.39, 0.29) is 0 Å². The van der Waals surface area contributed by atoms with E-state index in [0.717, 1.165) is 24.7 Å². The van der Waals surface area contributed by atoms with Crippen LogP contribution in [-0.4, -0.2) is 16.3 Å². The van der Waals surface area contributed by atoms with Crippen molar-refractivity contribution in [1.29, 1.82) is 0 Å². The summed E-state index contributed by atoms with van der Waals surface area (Å²) >= 11 is 0. The smallest absolute Gasteiger partial charge is 0.0726 e. The van der Waals surface area contributed by atoms with E-state index in [4.69, 9.17) is 0 Å². The molecule has 0 bridgehead atoms. The summed E-state index contributed by atoms with van der Waals surface area (Å²) in [6, 6.07) is 0. The van der Waals surface area contributed by atoms with Gasteiger partial charge in [0.05, 0.1) is 11.9 Å². The Morgan fingerprint density at radius 3 is 2.88 bits per heavy atom. The number of anilines is 1. The van der Waals surface area contributed by atoms with Gasteiger partial charge in [0, 0.05) is 19.3 Å². The van der Waals surface area contributed by atoms with Crippen LogP contribution in [0.25, 0.3) is 0 Å². The van der Waals surface area contributed by atoms with E-state index in [9.17, 15) is 0 Å². The van der Waals surface area contributed by atoms with Gasteiger partial charge in [0.15, 0.2) is 0 Å². The summed E-state index contributed by atoms with van der Waals surface area (Å²) in [5, 5.41) is 7.72. The Morgan fingerprint density at radius 1 is 1.38 bits per heavy atom. The van der Waals surface area contributed by atoms with Gasteiger partial charge < -0.3 is 5.32 Å². The van der Waals surface area contributed by atoms with Crippen LogP contribution in [0.2, 0.25) is 0 Å². The third-order valence-corrected chi connectivity index (χ3v) is 3.56. The van der Waals surface area contributed by atoms with Gasteiger partial charge in [-0.25, -0.2) is 0 Å². The molecule has 90 valence electrons. The number of nitrogens with zero attached hydrogens (tertiary/aromatic N) is 2. The van der Waals surface area contributed by atoms with Crippen molar-refractivity contribution in [3.63, 3.8) is 0 Å². The van der Waals surface area contributed by atoms with Crippen LogP contribution >= 0.6 is 0 Å². The van der Waals surface area contributed by atoms with Crippen LogP contribution in [0.4, 0.5) is 5.69 Å². The zero-order valence-corrected chi connectivity index (χ0v) is 10.3. The lowest BCUT2D eigenvalue weighted by Gasteiger charge is -2.21. The van der Waals surface area contributed by atoms with Gasteiger partial charge in [-0.15, -0.1) is 0 Å². The molecule has 1 saturated carbocycles. The summed E-state index contributed by atoms with van der Waals surface area (Å²) in [5.41, 5.74) is 1.16. The second kappa shape index (κ2) is 5.92. The fraction of sp³-hybridized carbons (Fsp3) is 0.769. The van der Waals surface area contributed by atoms with Crippen molar-refractivity contribution in [2.75, 3.05) is 11.9 Å². The van der Waals surface area contributed by atoms with Gasteiger partial charge in [0.25, 0.3) is 0 Å². The summed E-state index contributed by atoms with van der Waals surface area (Å²) in [6.45, 7) is 4.16. The van der Waals surface area contributed by atoms with Crippen LogP contribution in [-0.2, 0) is 6.54 Å². The molecular weight excluding hydrogens is 198 g/mol. The van der Waals surface area contributed by atoms with Crippen LogP contribution in [0.5, 0.6) is 0 Å². The summed E-state index contributed by atoms with van der Waals surface area (Å²) in [6.07, 6.45) is 12.5. The Balaban J connectivity index is 1.66. The maximum Gasteiger partial charge on any atom is 0.0726 e. The first-order chi connectivity index (χ1) is 7.88. The van der Waals surface area contributed by atoms with Gasteiger partial charge >= 0.3 is 0 Å². The van der Waals surface area contributed by atoms with Gasteiger partial charge in [0.2, 0.25) is 0 Å². The number of rotatable bonds is 5. The molecular formula is C13H23N3. The molecule has 0 amide bonds. The lowest BCUT2D eigenvalue weighted by atomic mass is 9.87. The highest BCUT2D eigenvalue weighted by Gasteiger charge is 2.12. The molecule has 0 aromatic carbocycles. The van der Waals surface area contributed by atoms with E-state index in [1.165, 1.54) is 38.5 Å². The number of aryl methyl sites for hydroxylation is 1. The fourth-order valence-corrected chi connectivity index (χ4v) is 2.52. The molecule has 16 heavy (non-hydrogen) atoms. The number of hydrogen-bond acceptors (Lipinski definition) is 2. The minimum Gasteiger partial charge on any atom is -0.383 e. The van der Waals surface area contributed by atoms with Gasteiger partial charge in [-0.2, -0.15) is 5.10 Å². The zero-order valence-electron chi connectivity index (χ0n) is 10.3. The van der Waals surface area contributed by atoms with E-state index >= 15 is 0 Å². The molecule has 2 rings (SSSR count). The second-order valence-electron chi connectivity index (χ2n) is 4.80. The number of aromatic nitrogens is 2. The van der Waals surface area contributed by atoms with Crippen molar-refractivity contribution in [2.24, 2.45) is 5.92 Å². The molecule has 0 saturated heterocycles. The molecule has 3 nitrogen and oxygen atoms in total. The van der Waals surface area contributed by atoms with Crippen LogP contribution in [0, 0.1) is 5.92 Å². The number of hydrogen-bond donors (Lipinski definition) is 1. The Bertz CT molecular complexity index is 300. The van der Waals surface area contributed by atoms with Gasteiger partial charge in [-0.1, -0.05) is 32.1 Å². The molecule has 0 aliphatic heterocycles. The molecule has 1 N–H and O–H groups in total. The quantitative estimate of drug-likeness (QED) is 0.827. The Kier molecular flexibility index (Phi) is 4.25. The molecule has 0 unspecified atom stereocenters. The zero-order chi connectivity index (χ0) is 11.2.